The average Bonchev–Trinajstić information content (AvgIpc) is 2.50. The van der Waals surface area contributed by atoms with Crippen molar-refractivity contribution in [3.8, 4) is 11.5 Å². The normalized spacial score (nSPS) is 10.6. The summed E-state index contributed by atoms with van der Waals surface area (Å²) in [4.78, 5) is 0. The molecule has 2 aromatic carbocycles. The number of hydrogen-bond acceptors (Lipinski definition) is 4. The predicted molar refractivity (Wildman–Crippen MR) is 93.4 cm³/mol. The maximum absolute atomic E-state index is 5.75. The van der Waals surface area contributed by atoms with Crippen molar-refractivity contribution in [2.24, 2.45) is 0 Å². The van der Waals surface area contributed by atoms with Crippen LogP contribution in [0, 0.1) is 0 Å². The zero-order valence-corrected chi connectivity index (χ0v) is 14.6. The second-order valence-corrected chi connectivity index (χ2v) is 5.96. The molecule has 0 aliphatic carbocycles. The first-order valence-corrected chi connectivity index (χ1v) is 7.96. The molecule has 0 unspecified atom stereocenters. The van der Waals surface area contributed by atoms with Crippen LogP contribution in [0.3, 0.4) is 0 Å². The zero-order chi connectivity index (χ0) is 15.9. The molecule has 0 saturated heterocycles. The fourth-order valence-electron chi connectivity index (χ4n) is 1.98. The van der Waals surface area contributed by atoms with E-state index >= 15 is 0 Å². The molecule has 0 radical (unpaired) electrons. The van der Waals surface area contributed by atoms with Gasteiger partial charge in [0.05, 0.1) is 13.2 Å². The van der Waals surface area contributed by atoms with E-state index in [2.05, 4.69) is 26.8 Å². The van der Waals surface area contributed by atoms with Crippen molar-refractivity contribution in [2.45, 2.75) is 26.5 Å². The van der Waals surface area contributed by atoms with Gasteiger partial charge in [-0.2, -0.15) is 0 Å². The standard InChI is InChI=1S/C17H21BrN2O2/c1-12(2)22-17-10-15(18)13(9-16(17)21-3)11-19-20-14-7-5-4-6-8-14/h4-10,12,19-20H,11H2,1-3H3. The number of rotatable bonds is 7. The van der Waals surface area contributed by atoms with Crippen molar-refractivity contribution >= 4 is 21.6 Å². The number of ether oxygens (including phenoxy) is 2. The van der Waals surface area contributed by atoms with E-state index in [4.69, 9.17) is 9.47 Å². The van der Waals surface area contributed by atoms with Gasteiger partial charge in [-0.1, -0.05) is 34.1 Å². The molecule has 0 aromatic heterocycles. The number of benzene rings is 2. The Kier molecular flexibility index (Phi) is 6.10. The average molecular weight is 365 g/mol. The summed E-state index contributed by atoms with van der Waals surface area (Å²) in [6.07, 6.45) is 0.101. The minimum absolute atomic E-state index is 0.101. The molecule has 0 aliphatic rings. The Hall–Kier alpha value is -1.72. The van der Waals surface area contributed by atoms with Gasteiger partial charge >= 0.3 is 0 Å². The molecular weight excluding hydrogens is 344 g/mol. The van der Waals surface area contributed by atoms with Crippen molar-refractivity contribution in [2.75, 3.05) is 12.5 Å². The molecule has 0 heterocycles. The van der Waals surface area contributed by atoms with E-state index in [1.165, 1.54) is 0 Å². The molecule has 0 amide bonds. The van der Waals surface area contributed by atoms with Crippen molar-refractivity contribution in [3.63, 3.8) is 0 Å². The van der Waals surface area contributed by atoms with Crippen LogP contribution >= 0.6 is 15.9 Å². The maximum Gasteiger partial charge on any atom is 0.162 e. The minimum atomic E-state index is 0.101. The lowest BCUT2D eigenvalue weighted by Crippen LogP contribution is -2.21. The van der Waals surface area contributed by atoms with Crippen LogP contribution in [0.5, 0.6) is 11.5 Å². The first kappa shape index (κ1) is 16.6. The van der Waals surface area contributed by atoms with Crippen LogP contribution in [0.15, 0.2) is 46.9 Å². The molecule has 0 atom stereocenters. The Morgan fingerprint density at radius 1 is 1.09 bits per heavy atom. The van der Waals surface area contributed by atoms with E-state index in [0.29, 0.717) is 6.54 Å². The second-order valence-electron chi connectivity index (χ2n) is 5.11. The highest BCUT2D eigenvalue weighted by molar-refractivity contribution is 9.10. The third-order valence-corrected chi connectivity index (χ3v) is 3.72. The van der Waals surface area contributed by atoms with Gasteiger partial charge in [-0.05, 0) is 43.7 Å². The second kappa shape index (κ2) is 8.06. The molecular formula is C17H21BrN2O2. The van der Waals surface area contributed by atoms with Crippen LogP contribution in [0.1, 0.15) is 19.4 Å². The van der Waals surface area contributed by atoms with E-state index in [0.717, 1.165) is 27.2 Å². The van der Waals surface area contributed by atoms with Crippen LogP contribution in [-0.4, -0.2) is 13.2 Å². The lowest BCUT2D eigenvalue weighted by Gasteiger charge is -2.16. The third-order valence-electron chi connectivity index (χ3n) is 2.98. The summed E-state index contributed by atoms with van der Waals surface area (Å²) in [5, 5.41) is 0. The minimum Gasteiger partial charge on any atom is -0.493 e. The van der Waals surface area contributed by atoms with Crippen LogP contribution < -0.4 is 20.3 Å². The number of methoxy groups -OCH3 is 1. The Balaban J connectivity index is 2.04. The van der Waals surface area contributed by atoms with Crippen molar-refractivity contribution in [1.82, 2.24) is 5.43 Å². The van der Waals surface area contributed by atoms with Gasteiger partial charge in [0.1, 0.15) is 0 Å². The molecule has 0 saturated carbocycles. The predicted octanol–water partition coefficient (Wildman–Crippen LogP) is 4.36. The molecule has 0 fully saturated rings. The molecule has 0 aliphatic heterocycles. The fraction of sp³-hybridized carbons (Fsp3) is 0.294. The maximum atomic E-state index is 5.75. The number of anilines is 1. The van der Waals surface area contributed by atoms with E-state index in [-0.39, 0.29) is 6.10 Å². The summed E-state index contributed by atoms with van der Waals surface area (Å²) in [5.74, 6) is 1.47. The van der Waals surface area contributed by atoms with Gasteiger partial charge in [0.25, 0.3) is 0 Å². The van der Waals surface area contributed by atoms with Gasteiger partial charge in [-0.15, -0.1) is 0 Å². The monoisotopic (exact) mass is 364 g/mol. The van der Waals surface area contributed by atoms with Crippen molar-refractivity contribution in [1.29, 1.82) is 0 Å². The Labute approximate surface area is 139 Å². The fourth-order valence-corrected chi connectivity index (χ4v) is 2.44. The summed E-state index contributed by atoms with van der Waals surface area (Å²) in [5.41, 5.74) is 8.45. The first-order valence-electron chi connectivity index (χ1n) is 7.17. The molecule has 2 rings (SSSR count). The van der Waals surface area contributed by atoms with E-state index in [1.807, 2.05) is 56.3 Å². The third kappa shape index (κ3) is 4.64. The van der Waals surface area contributed by atoms with Gasteiger partial charge < -0.3 is 14.9 Å². The topological polar surface area (TPSA) is 42.5 Å². The Morgan fingerprint density at radius 3 is 2.45 bits per heavy atom. The van der Waals surface area contributed by atoms with E-state index in [1.54, 1.807) is 7.11 Å². The summed E-state index contributed by atoms with van der Waals surface area (Å²) in [6, 6.07) is 13.9. The summed E-state index contributed by atoms with van der Waals surface area (Å²) >= 11 is 3.58. The molecule has 0 bridgehead atoms. The van der Waals surface area contributed by atoms with Gasteiger partial charge in [-0.25, -0.2) is 5.43 Å². The van der Waals surface area contributed by atoms with Gasteiger partial charge in [-0.3, -0.25) is 0 Å². The molecule has 0 spiro atoms. The zero-order valence-electron chi connectivity index (χ0n) is 13.0. The number of hydrazine groups is 1. The quantitative estimate of drug-likeness (QED) is 0.716. The highest BCUT2D eigenvalue weighted by atomic mass is 79.9. The molecule has 2 N–H and O–H groups in total. The van der Waals surface area contributed by atoms with Crippen LogP contribution in [0.2, 0.25) is 0 Å². The highest BCUT2D eigenvalue weighted by Gasteiger charge is 2.11. The number of para-hydroxylation sites is 1. The van der Waals surface area contributed by atoms with E-state index in [9.17, 15) is 0 Å². The summed E-state index contributed by atoms with van der Waals surface area (Å²) in [6.45, 7) is 4.63. The van der Waals surface area contributed by atoms with Crippen LogP contribution in [0.4, 0.5) is 5.69 Å². The van der Waals surface area contributed by atoms with Gasteiger partial charge in [0, 0.05) is 16.7 Å². The van der Waals surface area contributed by atoms with Crippen LogP contribution in [-0.2, 0) is 6.54 Å². The van der Waals surface area contributed by atoms with Crippen molar-refractivity contribution in [3.05, 3.63) is 52.5 Å². The summed E-state index contributed by atoms with van der Waals surface area (Å²) < 4.78 is 12.1. The molecule has 4 nitrogen and oxygen atoms in total. The molecule has 118 valence electrons. The Morgan fingerprint density at radius 2 is 1.82 bits per heavy atom. The lowest BCUT2D eigenvalue weighted by molar-refractivity contribution is 0.230. The van der Waals surface area contributed by atoms with Crippen molar-refractivity contribution < 1.29 is 9.47 Å². The highest BCUT2D eigenvalue weighted by Crippen LogP contribution is 2.34. The number of halogens is 1. The number of hydrogen-bond donors (Lipinski definition) is 2. The SMILES string of the molecule is COc1cc(CNNc2ccccc2)c(Br)cc1OC(C)C. The largest absolute Gasteiger partial charge is 0.493 e. The van der Waals surface area contributed by atoms with Gasteiger partial charge in [0.15, 0.2) is 11.5 Å². The number of nitrogens with one attached hydrogen (secondary N) is 2. The lowest BCUT2D eigenvalue weighted by atomic mass is 10.2. The summed E-state index contributed by atoms with van der Waals surface area (Å²) in [7, 11) is 1.65. The van der Waals surface area contributed by atoms with E-state index < -0.39 is 0 Å². The van der Waals surface area contributed by atoms with Crippen LogP contribution in [0.25, 0.3) is 0 Å². The molecule has 2 aromatic rings. The van der Waals surface area contributed by atoms with Gasteiger partial charge in [0.2, 0.25) is 0 Å². The smallest absolute Gasteiger partial charge is 0.162 e. The molecule has 22 heavy (non-hydrogen) atoms. The molecule has 5 heteroatoms. The Bertz CT molecular complexity index is 603. The first-order chi connectivity index (χ1) is 10.6.